The van der Waals surface area contributed by atoms with Gasteiger partial charge in [0.2, 0.25) is 15.3 Å². The second-order valence-corrected chi connectivity index (χ2v) is 28.7. The van der Waals surface area contributed by atoms with Gasteiger partial charge in [0, 0.05) is 15.5 Å². The first-order valence-electron chi connectivity index (χ1n) is 3.14. The number of hydrogen-bond donors (Lipinski definition) is 0. The van der Waals surface area contributed by atoms with Gasteiger partial charge in [-0.2, -0.15) is 13.5 Å². The third kappa shape index (κ3) is 4.06. The number of hydrogen-bond acceptors (Lipinski definition) is 4. The maximum Gasteiger partial charge on any atom is 0.212 e. The first kappa shape index (κ1) is 15.1. The van der Waals surface area contributed by atoms with Crippen molar-refractivity contribution < 1.29 is 0 Å². The van der Waals surface area contributed by atoms with Crippen LogP contribution in [-0.4, -0.2) is 18.8 Å². The maximum atomic E-state index is 4.57. The molecule has 1 unspecified atom stereocenters. The lowest BCUT2D eigenvalue weighted by Gasteiger charge is -2.27. The van der Waals surface area contributed by atoms with Crippen molar-refractivity contribution in [2.45, 2.75) is 0 Å². The Hall–Kier alpha value is 3.05. The molecule has 0 saturated heterocycles. The summed E-state index contributed by atoms with van der Waals surface area (Å²) < 4.78 is 11.7. The summed E-state index contributed by atoms with van der Waals surface area (Å²) >= 11 is 17.5. The number of halogens is 5. The Morgan fingerprint density at radius 3 is 1.57 bits per heavy atom. The van der Waals surface area contributed by atoms with Crippen molar-refractivity contribution in [3.8, 4) is 0 Å². The van der Waals surface area contributed by atoms with E-state index in [4.69, 9.17) is 0 Å². The molecule has 1 aliphatic heterocycles. The summed E-state index contributed by atoms with van der Waals surface area (Å²) in [5, 5.41) is 0. The zero-order chi connectivity index (χ0) is 11.2. The van der Waals surface area contributed by atoms with E-state index in [0.717, 1.165) is 0 Å². The molecule has 1 atom stereocenters. The molecule has 0 radical (unpaired) electrons. The summed E-state index contributed by atoms with van der Waals surface area (Å²) in [5.74, 6) is 0. The maximum absolute atomic E-state index is 4.57. The van der Waals surface area contributed by atoms with Crippen molar-refractivity contribution in [1.82, 2.24) is 4.67 Å². The Morgan fingerprint density at radius 2 is 1.21 bits per heavy atom. The lowest BCUT2D eigenvalue weighted by Crippen LogP contribution is -2.02. The van der Waals surface area contributed by atoms with Crippen LogP contribution in [0.4, 0.5) is 0 Å². The Morgan fingerprint density at radius 1 is 0.786 bits per heavy atom. The van der Waals surface area contributed by atoms with Gasteiger partial charge in [-0.15, -0.1) is 0 Å². The quantitative estimate of drug-likeness (QED) is 0.300. The standard InChI is InChI=1S/C2H6Br5N4P3/c1-11(2)14(7)9-12(3,4)8-13(5,6)10-14/h1-2H3. The lowest BCUT2D eigenvalue weighted by atomic mass is 11.3. The minimum Gasteiger partial charge on any atom is -0.250 e. The highest BCUT2D eigenvalue weighted by Gasteiger charge is 2.31. The fourth-order valence-electron chi connectivity index (χ4n) is 0.617. The zero-order valence-electron chi connectivity index (χ0n) is 7.02. The second-order valence-electron chi connectivity index (χ2n) is 2.52. The van der Waals surface area contributed by atoms with Gasteiger partial charge in [0.1, 0.15) is 0 Å². The molecule has 1 heterocycles. The van der Waals surface area contributed by atoms with E-state index in [1.807, 2.05) is 18.8 Å². The van der Waals surface area contributed by atoms with Gasteiger partial charge < -0.3 is 0 Å². The van der Waals surface area contributed by atoms with Crippen molar-refractivity contribution in [3.63, 3.8) is 0 Å². The monoisotopic (exact) mass is 574 g/mol. The van der Waals surface area contributed by atoms with Crippen LogP contribution < -0.4 is 0 Å². The molecule has 0 aromatic rings. The van der Waals surface area contributed by atoms with Crippen molar-refractivity contribution in [3.05, 3.63) is 0 Å². The molecular formula is C2H6Br5N4P3. The molecule has 4 nitrogen and oxygen atoms in total. The van der Waals surface area contributed by atoms with Crippen LogP contribution in [0.2, 0.25) is 0 Å². The molecule has 0 aromatic carbocycles. The van der Waals surface area contributed by atoms with Gasteiger partial charge in [0.05, 0.1) is 0 Å². The van der Waals surface area contributed by atoms with E-state index in [9.17, 15) is 0 Å². The average molecular weight is 579 g/mol. The molecule has 0 spiro atoms. The molecule has 0 amide bonds. The van der Waals surface area contributed by atoms with Gasteiger partial charge in [-0.25, -0.2) is 4.67 Å². The van der Waals surface area contributed by atoms with E-state index < -0.39 is 15.3 Å². The van der Waals surface area contributed by atoms with Crippen molar-refractivity contribution in [1.29, 1.82) is 0 Å². The largest absolute Gasteiger partial charge is 0.250 e. The van der Waals surface area contributed by atoms with E-state index in [2.05, 4.69) is 91.0 Å². The molecule has 0 fully saturated rings. The van der Waals surface area contributed by atoms with Gasteiger partial charge in [-0.1, -0.05) is 0 Å². The molecule has 84 valence electrons. The van der Waals surface area contributed by atoms with Crippen molar-refractivity contribution in [2.24, 2.45) is 13.5 Å². The van der Waals surface area contributed by atoms with Crippen LogP contribution in [0.15, 0.2) is 13.5 Å². The van der Waals surface area contributed by atoms with E-state index in [1.165, 1.54) is 0 Å². The molecule has 14 heavy (non-hydrogen) atoms. The summed E-state index contributed by atoms with van der Waals surface area (Å²) in [4.78, 5) is 0. The third-order valence-corrected chi connectivity index (χ3v) is 22.1. The molecule has 0 bridgehead atoms. The zero-order valence-corrected chi connectivity index (χ0v) is 17.6. The highest BCUT2D eigenvalue weighted by atomic mass is 79.9. The molecule has 12 heteroatoms. The number of rotatable bonds is 1. The predicted molar refractivity (Wildman–Crippen MR) is 86.4 cm³/mol. The predicted octanol–water partition coefficient (Wildman–Crippen LogP) is 7.37. The number of nitrogens with zero attached hydrogens (tertiary/aromatic N) is 4. The van der Waals surface area contributed by atoms with Crippen LogP contribution >= 0.6 is 92.7 Å². The summed E-state index contributed by atoms with van der Waals surface area (Å²) in [6.45, 7) is 0. The molecule has 0 saturated carbocycles. The first-order valence-corrected chi connectivity index (χ1v) is 18.3. The summed E-state index contributed by atoms with van der Waals surface area (Å²) in [5.41, 5.74) is 0. The Kier molecular flexibility index (Phi) is 5.36. The van der Waals surface area contributed by atoms with E-state index in [0.29, 0.717) is 0 Å². The van der Waals surface area contributed by atoms with E-state index >= 15 is 0 Å². The molecule has 0 aromatic heterocycles. The Balaban J connectivity index is 3.49. The van der Waals surface area contributed by atoms with Crippen LogP contribution in [0.1, 0.15) is 0 Å². The SMILES string of the molecule is CN(C)P1(Br)=NP(Br)(Br)=NP(Br)(Br)=N1. The molecule has 1 aliphatic rings. The topological polar surface area (TPSA) is 40.3 Å². The van der Waals surface area contributed by atoms with Crippen LogP contribution in [-0.2, 0) is 0 Å². The first-order chi connectivity index (χ1) is 6.06. The van der Waals surface area contributed by atoms with Crippen LogP contribution in [0.3, 0.4) is 0 Å². The lowest BCUT2D eigenvalue weighted by molar-refractivity contribution is 0.682. The molecule has 1 rings (SSSR count). The fourth-order valence-corrected chi connectivity index (χ4v) is 38.4. The van der Waals surface area contributed by atoms with Gasteiger partial charge in [-0.05, 0) is 76.1 Å². The van der Waals surface area contributed by atoms with Crippen molar-refractivity contribution in [2.75, 3.05) is 14.1 Å². The smallest absolute Gasteiger partial charge is 0.212 e. The van der Waals surface area contributed by atoms with Crippen LogP contribution in [0.5, 0.6) is 0 Å². The van der Waals surface area contributed by atoms with Gasteiger partial charge in [-0.3, -0.25) is 0 Å². The van der Waals surface area contributed by atoms with Crippen LogP contribution in [0, 0.1) is 0 Å². The molecular weight excluding hydrogens is 572 g/mol. The fraction of sp³-hybridized carbons (Fsp3) is 1.00. The summed E-state index contributed by atoms with van der Waals surface area (Å²) in [7, 11) is 3.89. The van der Waals surface area contributed by atoms with Crippen LogP contribution in [0.25, 0.3) is 0 Å². The third-order valence-electron chi connectivity index (χ3n) is 1.17. The highest BCUT2D eigenvalue weighted by molar-refractivity contribution is 9.73. The molecule has 0 aliphatic carbocycles. The van der Waals surface area contributed by atoms with Gasteiger partial charge in [0.15, 0.2) is 0 Å². The summed E-state index contributed by atoms with van der Waals surface area (Å²) in [6.07, 6.45) is 0. The second kappa shape index (κ2) is 4.97. The van der Waals surface area contributed by atoms with Crippen molar-refractivity contribution >= 4 is 92.7 Å². The summed E-state index contributed by atoms with van der Waals surface area (Å²) in [6, 6.07) is -1.97. The minimum atomic E-state index is -1.97. The molecule has 0 N–H and O–H groups in total. The van der Waals surface area contributed by atoms with Gasteiger partial charge in [0.25, 0.3) is 0 Å². The highest BCUT2D eigenvalue weighted by Crippen LogP contribution is 2.90. The van der Waals surface area contributed by atoms with E-state index in [-0.39, 0.29) is 0 Å². The minimum absolute atomic E-state index is 1.94. The van der Waals surface area contributed by atoms with E-state index in [1.54, 1.807) is 0 Å². The van der Waals surface area contributed by atoms with Gasteiger partial charge >= 0.3 is 0 Å². The Labute approximate surface area is 123 Å². The average Bonchev–Trinajstić information content (AvgIpc) is 1.76. The normalized spacial score (nSPS) is 34.3. The Bertz CT molecular complexity index is 394.